The van der Waals surface area contributed by atoms with Crippen molar-refractivity contribution in [3.63, 3.8) is 0 Å². The van der Waals surface area contributed by atoms with Gasteiger partial charge in [0, 0.05) is 18.2 Å². The summed E-state index contributed by atoms with van der Waals surface area (Å²) in [6, 6.07) is 9.25. The molecule has 2 aromatic rings. The number of aryl methyl sites for hydroxylation is 1. The number of benzene rings is 2. The number of rotatable bonds is 9. The van der Waals surface area contributed by atoms with E-state index in [0.717, 1.165) is 12.1 Å². The van der Waals surface area contributed by atoms with Crippen molar-refractivity contribution in [3.05, 3.63) is 59.7 Å². The maximum Gasteiger partial charge on any atom is 0.489 e. The Morgan fingerprint density at radius 1 is 1.11 bits per heavy atom. The van der Waals surface area contributed by atoms with E-state index in [2.05, 4.69) is 4.52 Å². The van der Waals surface area contributed by atoms with Crippen LogP contribution in [0.2, 0.25) is 0 Å². The average molecular weight is 420 g/mol. The smallest absolute Gasteiger partial charge is 0.489 e. The topological polar surface area (TPSA) is 113 Å². The number of hydrogen-bond acceptors (Lipinski definition) is 6. The first-order valence-corrected chi connectivity index (χ1v) is 10.2. The van der Waals surface area contributed by atoms with Gasteiger partial charge in [0.2, 0.25) is 5.44 Å². The van der Waals surface area contributed by atoms with Gasteiger partial charge < -0.3 is 9.63 Å². The molecule has 0 spiro atoms. The Morgan fingerprint density at radius 2 is 1.78 bits per heavy atom. The zero-order valence-electron chi connectivity index (χ0n) is 13.7. The molecule has 0 radical (unpaired) electrons. The molecule has 0 bridgehead atoms. The van der Waals surface area contributed by atoms with Gasteiger partial charge in [0.05, 0.1) is 0 Å². The third-order valence-electron chi connectivity index (χ3n) is 3.41. The summed E-state index contributed by atoms with van der Waals surface area (Å²) in [5, 5.41) is 0. The Morgan fingerprint density at radius 3 is 2.37 bits per heavy atom. The van der Waals surface area contributed by atoms with Gasteiger partial charge in [0.25, 0.3) is 10.1 Å². The molecular weight excluding hydrogens is 405 g/mol. The van der Waals surface area contributed by atoms with Crippen LogP contribution in [0.4, 0.5) is 8.78 Å². The summed E-state index contributed by atoms with van der Waals surface area (Å²) in [5.74, 6) is -1.28. The Balaban J connectivity index is 2.00. The Hall–Kier alpha value is -1.97. The molecule has 2 unspecified atom stereocenters. The minimum absolute atomic E-state index is 0.0243. The quantitative estimate of drug-likeness (QED) is 0.489. The molecule has 0 aliphatic heterocycles. The van der Waals surface area contributed by atoms with Gasteiger partial charge in [0.15, 0.2) is 0 Å². The molecule has 146 valence electrons. The van der Waals surface area contributed by atoms with Gasteiger partial charge in [0.1, 0.15) is 23.1 Å². The van der Waals surface area contributed by atoms with E-state index in [0.29, 0.717) is 23.8 Å². The van der Waals surface area contributed by atoms with Gasteiger partial charge in [-0.15, -0.1) is 4.52 Å². The highest BCUT2D eigenvalue weighted by Gasteiger charge is 2.29. The summed E-state index contributed by atoms with van der Waals surface area (Å²) in [5.41, 5.74) is -1.17. The first-order valence-electron chi connectivity index (χ1n) is 7.64. The molecular formula is C16H15F2O7PS. The molecule has 27 heavy (non-hydrogen) atoms. The zero-order valence-corrected chi connectivity index (χ0v) is 15.5. The fraction of sp³-hybridized carbons (Fsp3) is 0.250. The van der Waals surface area contributed by atoms with Crippen LogP contribution in [-0.4, -0.2) is 18.4 Å². The molecule has 2 aromatic carbocycles. The Bertz CT molecular complexity index is 900. The molecule has 0 fully saturated rings. The van der Waals surface area contributed by atoms with Crippen molar-refractivity contribution in [2.45, 2.75) is 24.7 Å². The SMILES string of the molecule is O=[P+]([O-])OC(CCCc1cccc(Oc2cc(F)cc(F)c2)c1)S(=O)(=O)O. The van der Waals surface area contributed by atoms with Crippen LogP contribution < -0.4 is 9.63 Å². The molecule has 1 N–H and O–H groups in total. The van der Waals surface area contributed by atoms with Gasteiger partial charge >= 0.3 is 8.25 Å². The summed E-state index contributed by atoms with van der Waals surface area (Å²) >= 11 is 0. The molecule has 11 heteroatoms. The van der Waals surface area contributed by atoms with Crippen LogP contribution in [0, 0.1) is 11.6 Å². The summed E-state index contributed by atoms with van der Waals surface area (Å²) in [6.45, 7) is 0. The minimum atomic E-state index is -4.67. The van der Waals surface area contributed by atoms with E-state index in [1.165, 1.54) is 0 Å². The third-order valence-corrected chi connectivity index (χ3v) is 4.98. The van der Waals surface area contributed by atoms with E-state index < -0.39 is 35.4 Å². The lowest BCUT2D eigenvalue weighted by molar-refractivity contribution is -0.187. The van der Waals surface area contributed by atoms with Crippen molar-refractivity contribution in [2.75, 3.05) is 0 Å². The lowest BCUT2D eigenvalue weighted by Crippen LogP contribution is -2.22. The summed E-state index contributed by atoms with van der Waals surface area (Å²) in [7, 11) is -8.11. The molecule has 7 nitrogen and oxygen atoms in total. The van der Waals surface area contributed by atoms with Gasteiger partial charge in [-0.05, 0) is 41.5 Å². The molecule has 0 aliphatic carbocycles. The molecule has 2 atom stereocenters. The van der Waals surface area contributed by atoms with Crippen LogP contribution in [0.3, 0.4) is 0 Å². The zero-order chi connectivity index (χ0) is 20.0. The van der Waals surface area contributed by atoms with Crippen molar-refractivity contribution >= 4 is 18.4 Å². The first kappa shape index (κ1) is 21.3. The standard InChI is InChI=1S/C16H15F2O7PS/c17-12-8-13(18)10-15(9-12)24-14-5-1-3-11(7-14)4-2-6-16(25-26(19)20)27(21,22)23/h1,3,5,7-10,16H,2,4,6H2,(H,21,22,23). The maximum atomic E-state index is 13.2. The van der Waals surface area contributed by atoms with Crippen LogP contribution >= 0.6 is 8.25 Å². The lowest BCUT2D eigenvalue weighted by atomic mass is 10.1. The highest BCUT2D eigenvalue weighted by atomic mass is 32.2. The summed E-state index contributed by atoms with van der Waals surface area (Å²) in [6.07, 6.45) is 0.258. The van der Waals surface area contributed by atoms with Crippen LogP contribution in [0.25, 0.3) is 0 Å². The van der Waals surface area contributed by atoms with Crippen LogP contribution in [0.1, 0.15) is 18.4 Å². The second-order valence-corrected chi connectivity index (χ2v) is 7.73. The monoisotopic (exact) mass is 420 g/mol. The van der Waals surface area contributed by atoms with E-state index >= 15 is 0 Å². The van der Waals surface area contributed by atoms with Crippen LogP contribution in [0.15, 0.2) is 42.5 Å². The van der Waals surface area contributed by atoms with Gasteiger partial charge in [-0.2, -0.15) is 8.42 Å². The second-order valence-electron chi connectivity index (χ2n) is 5.52. The molecule has 0 aliphatic rings. The Labute approximate surface area is 155 Å². The minimum Gasteiger partial charge on any atom is -0.566 e. The van der Waals surface area contributed by atoms with Gasteiger partial charge in [-0.25, -0.2) is 8.78 Å². The molecule has 0 aromatic heterocycles. The number of ether oxygens (including phenoxy) is 1. The fourth-order valence-electron chi connectivity index (χ4n) is 2.31. The highest BCUT2D eigenvalue weighted by molar-refractivity contribution is 7.86. The van der Waals surface area contributed by atoms with Crippen molar-refractivity contribution in [1.29, 1.82) is 0 Å². The molecule has 2 rings (SSSR count). The number of hydrogen-bond donors (Lipinski definition) is 1. The van der Waals surface area contributed by atoms with Crippen molar-refractivity contribution in [1.82, 2.24) is 0 Å². The summed E-state index contributed by atoms with van der Waals surface area (Å²) in [4.78, 5) is 10.5. The van der Waals surface area contributed by atoms with Crippen LogP contribution in [-0.2, 0) is 25.6 Å². The van der Waals surface area contributed by atoms with E-state index in [9.17, 15) is 26.7 Å². The number of halogens is 2. The summed E-state index contributed by atoms with van der Waals surface area (Å²) < 4.78 is 77.7. The molecule has 0 amide bonds. The Kier molecular flexibility index (Phi) is 7.34. The molecule has 0 saturated carbocycles. The average Bonchev–Trinajstić information content (AvgIpc) is 2.52. The van der Waals surface area contributed by atoms with E-state index in [4.69, 9.17) is 9.29 Å². The second kappa shape index (κ2) is 9.29. The van der Waals surface area contributed by atoms with Crippen molar-refractivity contribution in [2.24, 2.45) is 0 Å². The maximum absolute atomic E-state index is 13.2. The van der Waals surface area contributed by atoms with Crippen LogP contribution in [0.5, 0.6) is 11.5 Å². The first-order chi connectivity index (χ1) is 12.6. The lowest BCUT2D eigenvalue weighted by Gasteiger charge is -2.10. The largest absolute Gasteiger partial charge is 0.566 e. The fourth-order valence-corrected chi connectivity index (χ4v) is 3.72. The normalized spacial score (nSPS) is 13.3. The molecule has 0 saturated heterocycles. The van der Waals surface area contributed by atoms with E-state index in [-0.39, 0.29) is 18.6 Å². The van der Waals surface area contributed by atoms with Crippen molar-refractivity contribution in [3.8, 4) is 11.5 Å². The predicted molar refractivity (Wildman–Crippen MR) is 89.8 cm³/mol. The van der Waals surface area contributed by atoms with Crippen molar-refractivity contribution < 1.29 is 40.5 Å². The van der Waals surface area contributed by atoms with Gasteiger partial charge in [-0.3, -0.25) is 4.55 Å². The van der Waals surface area contributed by atoms with E-state index in [1.807, 2.05) is 0 Å². The van der Waals surface area contributed by atoms with Gasteiger partial charge in [-0.1, -0.05) is 12.1 Å². The predicted octanol–water partition coefficient (Wildman–Crippen LogP) is 3.33. The highest BCUT2D eigenvalue weighted by Crippen LogP contribution is 2.25. The third kappa shape index (κ3) is 7.28. The van der Waals surface area contributed by atoms with E-state index in [1.54, 1.807) is 24.3 Å². The molecule has 0 heterocycles.